The maximum atomic E-state index is 3.81. The summed E-state index contributed by atoms with van der Waals surface area (Å²) in [4.78, 5) is 2.57. The zero-order valence-electron chi connectivity index (χ0n) is 8.19. The Labute approximate surface area is 78.9 Å². The lowest BCUT2D eigenvalue weighted by molar-refractivity contribution is 0.00254. The molecule has 1 aliphatic heterocycles. The topological polar surface area (TPSA) is 27.3 Å². The molecular weight excluding hydrogens is 162 g/mol. The van der Waals surface area contributed by atoms with Crippen molar-refractivity contribution in [1.29, 1.82) is 0 Å². The summed E-state index contributed by atoms with van der Waals surface area (Å²) >= 11 is 0. The van der Waals surface area contributed by atoms with E-state index in [1.54, 1.807) is 0 Å². The van der Waals surface area contributed by atoms with E-state index in [4.69, 9.17) is 0 Å². The minimum Gasteiger partial charge on any atom is -0.281 e. The minimum absolute atomic E-state index is 0.361. The second-order valence-corrected chi connectivity index (χ2v) is 5.45. The van der Waals surface area contributed by atoms with Crippen LogP contribution >= 0.6 is 0 Å². The van der Waals surface area contributed by atoms with Gasteiger partial charge in [-0.2, -0.15) is 0 Å². The largest absolute Gasteiger partial charge is 0.281 e. The van der Waals surface area contributed by atoms with Gasteiger partial charge < -0.3 is 0 Å². The van der Waals surface area contributed by atoms with Crippen LogP contribution in [0.15, 0.2) is 0 Å². The Kier molecular flexibility index (Phi) is 0.935. The van der Waals surface area contributed by atoms with Crippen LogP contribution in [0.1, 0.15) is 38.5 Å². The molecule has 1 saturated heterocycles. The van der Waals surface area contributed by atoms with E-state index in [1.165, 1.54) is 38.5 Å². The maximum absolute atomic E-state index is 3.81. The van der Waals surface area contributed by atoms with Gasteiger partial charge in [-0.3, -0.25) is 15.5 Å². The summed E-state index contributed by atoms with van der Waals surface area (Å²) in [5, 5.41) is 7.63. The van der Waals surface area contributed by atoms with Crippen LogP contribution in [0.25, 0.3) is 0 Å². The number of hydrogen-bond donors (Lipinski definition) is 2. The standard InChI is InChI=1S/C10H17N3/c1-13-9(4-5-9)11-8(2-3-8)12-10(13)6-7-10/h11-12H,2-7H2,1H3. The average molecular weight is 179 g/mol. The molecule has 72 valence electrons. The Hall–Kier alpha value is -0.120. The molecule has 3 aliphatic carbocycles. The number of rotatable bonds is 0. The van der Waals surface area contributed by atoms with Crippen molar-refractivity contribution in [1.82, 2.24) is 15.5 Å². The van der Waals surface area contributed by atoms with E-state index in [2.05, 4.69) is 22.6 Å². The Morgan fingerprint density at radius 1 is 0.846 bits per heavy atom. The monoisotopic (exact) mass is 179 g/mol. The molecular formula is C10H17N3. The van der Waals surface area contributed by atoms with Crippen molar-refractivity contribution < 1.29 is 0 Å². The molecule has 1 heterocycles. The van der Waals surface area contributed by atoms with Crippen molar-refractivity contribution in [2.45, 2.75) is 55.5 Å². The van der Waals surface area contributed by atoms with E-state index in [0.29, 0.717) is 17.0 Å². The molecule has 4 fully saturated rings. The highest BCUT2D eigenvalue weighted by molar-refractivity contribution is 5.23. The quantitative estimate of drug-likeness (QED) is 0.569. The van der Waals surface area contributed by atoms with Gasteiger partial charge in [-0.05, 0) is 45.6 Å². The van der Waals surface area contributed by atoms with Crippen molar-refractivity contribution >= 4 is 0 Å². The van der Waals surface area contributed by atoms with Gasteiger partial charge in [-0.25, -0.2) is 0 Å². The molecule has 3 spiro atoms. The Morgan fingerprint density at radius 2 is 1.31 bits per heavy atom. The third kappa shape index (κ3) is 0.767. The Morgan fingerprint density at radius 3 is 1.62 bits per heavy atom. The molecule has 2 N–H and O–H groups in total. The summed E-state index contributed by atoms with van der Waals surface area (Å²) in [5.41, 5.74) is 1.16. The summed E-state index contributed by atoms with van der Waals surface area (Å²) in [5.74, 6) is 0. The predicted molar refractivity (Wildman–Crippen MR) is 49.9 cm³/mol. The summed E-state index contributed by atoms with van der Waals surface area (Å²) in [6.07, 6.45) is 8.10. The highest BCUT2D eigenvalue weighted by Gasteiger charge is 2.68. The second-order valence-electron chi connectivity index (χ2n) is 5.45. The molecule has 0 aromatic rings. The summed E-state index contributed by atoms with van der Waals surface area (Å²) in [7, 11) is 2.29. The van der Waals surface area contributed by atoms with E-state index in [0.717, 1.165) is 0 Å². The van der Waals surface area contributed by atoms with E-state index in [1.807, 2.05) is 0 Å². The normalized spacial score (nSPS) is 41.3. The lowest BCUT2D eigenvalue weighted by atomic mass is 10.2. The van der Waals surface area contributed by atoms with E-state index in [-0.39, 0.29) is 0 Å². The molecule has 0 unspecified atom stereocenters. The van der Waals surface area contributed by atoms with Gasteiger partial charge in [0.15, 0.2) is 0 Å². The van der Waals surface area contributed by atoms with Crippen LogP contribution in [0.2, 0.25) is 0 Å². The van der Waals surface area contributed by atoms with Gasteiger partial charge in [0.2, 0.25) is 0 Å². The number of nitrogens with zero attached hydrogens (tertiary/aromatic N) is 1. The van der Waals surface area contributed by atoms with E-state index < -0.39 is 0 Å². The van der Waals surface area contributed by atoms with Crippen molar-refractivity contribution in [3.8, 4) is 0 Å². The molecule has 0 aromatic heterocycles. The van der Waals surface area contributed by atoms with Gasteiger partial charge >= 0.3 is 0 Å². The SMILES string of the molecule is CN1C2(CC2)NC2(CC2)NC12CC2. The lowest BCUT2D eigenvalue weighted by Crippen LogP contribution is -2.72. The van der Waals surface area contributed by atoms with Crippen molar-refractivity contribution in [3.63, 3.8) is 0 Å². The molecule has 0 amide bonds. The molecule has 3 nitrogen and oxygen atoms in total. The first-order valence-corrected chi connectivity index (χ1v) is 5.52. The van der Waals surface area contributed by atoms with Crippen LogP contribution in [-0.2, 0) is 0 Å². The van der Waals surface area contributed by atoms with Gasteiger partial charge in [-0.15, -0.1) is 0 Å². The van der Waals surface area contributed by atoms with Gasteiger partial charge in [-0.1, -0.05) is 0 Å². The van der Waals surface area contributed by atoms with Crippen LogP contribution in [0.3, 0.4) is 0 Å². The predicted octanol–water partition coefficient (Wildman–Crippen LogP) is 0.581. The maximum Gasteiger partial charge on any atom is 0.0741 e. The first-order chi connectivity index (χ1) is 6.19. The van der Waals surface area contributed by atoms with Gasteiger partial charge in [0.25, 0.3) is 0 Å². The van der Waals surface area contributed by atoms with Crippen molar-refractivity contribution in [3.05, 3.63) is 0 Å². The second kappa shape index (κ2) is 1.69. The molecule has 4 rings (SSSR count). The number of hydrogen-bond acceptors (Lipinski definition) is 3. The first kappa shape index (κ1) is 7.21. The average Bonchev–Trinajstić information content (AvgIpc) is 2.90. The molecule has 3 heteroatoms. The fourth-order valence-electron chi connectivity index (χ4n) is 3.03. The molecule has 3 saturated carbocycles. The van der Waals surface area contributed by atoms with Crippen LogP contribution < -0.4 is 10.6 Å². The van der Waals surface area contributed by atoms with Gasteiger partial charge in [0, 0.05) is 0 Å². The van der Waals surface area contributed by atoms with Gasteiger partial charge in [0.05, 0.1) is 17.0 Å². The van der Waals surface area contributed by atoms with Crippen LogP contribution in [0, 0.1) is 0 Å². The minimum atomic E-state index is 0.361. The summed E-state index contributed by atoms with van der Waals surface area (Å²) < 4.78 is 0. The molecule has 0 atom stereocenters. The van der Waals surface area contributed by atoms with Crippen molar-refractivity contribution in [2.75, 3.05) is 7.05 Å². The van der Waals surface area contributed by atoms with Crippen LogP contribution in [0.5, 0.6) is 0 Å². The first-order valence-electron chi connectivity index (χ1n) is 5.52. The molecule has 0 radical (unpaired) electrons. The fourth-order valence-corrected chi connectivity index (χ4v) is 3.03. The summed E-state index contributed by atoms with van der Waals surface area (Å²) in [6.45, 7) is 0. The molecule has 0 bridgehead atoms. The van der Waals surface area contributed by atoms with E-state index in [9.17, 15) is 0 Å². The summed E-state index contributed by atoms with van der Waals surface area (Å²) in [6, 6.07) is 0. The fraction of sp³-hybridized carbons (Fsp3) is 1.00. The van der Waals surface area contributed by atoms with Crippen LogP contribution in [0.4, 0.5) is 0 Å². The van der Waals surface area contributed by atoms with E-state index >= 15 is 0 Å². The molecule has 13 heavy (non-hydrogen) atoms. The van der Waals surface area contributed by atoms with Crippen LogP contribution in [-0.4, -0.2) is 28.9 Å². The van der Waals surface area contributed by atoms with Gasteiger partial charge in [0.1, 0.15) is 0 Å². The third-order valence-corrected chi connectivity index (χ3v) is 4.43. The smallest absolute Gasteiger partial charge is 0.0741 e. The highest BCUT2D eigenvalue weighted by atomic mass is 15.6. The lowest BCUT2D eigenvalue weighted by Gasteiger charge is -2.47. The Balaban J connectivity index is 1.73. The Bertz CT molecular complexity index is 250. The highest BCUT2D eigenvalue weighted by Crippen LogP contribution is 2.57. The zero-order valence-corrected chi connectivity index (χ0v) is 8.19. The third-order valence-electron chi connectivity index (χ3n) is 4.43. The number of nitrogens with one attached hydrogen (secondary N) is 2. The molecule has 0 aromatic carbocycles. The van der Waals surface area contributed by atoms with Crippen molar-refractivity contribution in [2.24, 2.45) is 0 Å². The molecule has 4 aliphatic rings. The zero-order chi connectivity index (χ0) is 8.73.